The molecule has 1 aliphatic carbocycles. The number of aliphatic hydroxyl groups excluding tert-OH is 2. The van der Waals surface area contributed by atoms with Crippen molar-refractivity contribution in [2.75, 3.05) is 18.9 Å². The Morgan fingerprint density at radius 3 is 2.76 bits per heavy atom. The Kier molecular flexibility index (Phi) is 6.15. The topological polar surface area (TPSA) is 165 Å². The zero-order chi connectivity index (χ0) is 23.8. The number of rotatable bonds is 7. The number of ether oxygens (including phenoxy) is 1. The van der Waals surface area contributed by atoms with E-state index in [1.54, 1.807) is 14.0 Å². The van der Waals surface area contributed by atoms with E-state index in [9.17, 15) is 15.0 Å². The van der Waals surface area contributed by atoms with Crippen LogP contribution in [0.2, 0.25) is 0 Å². The third-order valence-corrected chi connectivity index (χ3v) is 6.49. The van der Waals surface area contributed by atoms with Crippen molar-refractivity contribution in [2.45, 2.75) is 63.6 Å². The molecule has 4 atom stereocenters. The molecule has 1 amide bonds. The number of hydrogen-bond donors (Lipinski definition) is 4. The van der Waals surface area contributed by atoms with E-state index < -0.39 is 30.4 Å². The summed E-state index contributed by atoms with van der Waals surface area (Å²) in [6, 6.07) is 0. The Hall–Kier alpha value is -3.16. The maximum absolute atomic E-state index is 12.3. The van der Waals surface area contributed by atoms with Crippen LogP contribution in [0, 0.1) is 5.92 Å². The van der Waals surface area contributed by atoms with E-state index in [1.807, 2.05) is 6.20 Å². The number of hydrogen-bond acceptors (Lipinski definition) is 10. The largest absolute Gasteiger partial charge is 0.387 e. The number of aliphatic hydroxyl groups is 2. The Labute approximate surface area is 195 Å². The molecule has 4 N–H and O–H groups in total. The second-order valence-corrected chi connectivity index (χ2v) is 8.78. The third-order valence-electron chi connectivity index (χ3n) is 6.49. The van der Waals surface area contributed by atoms with Gasteiger partial charge in [-0.05, 0) is 19.3 Å². The molecular weight excluding hydrogens is 442 g/mol. The quantitative estimate of drug-likeness (QED) is 0.367. The zero-order valence-corrected chi connectivity index (χ0v) is 19.1. The van der Waals surface area contributed by atoms with Crippen LogP contribution in [0.15, 0.2) is 12.5 Å². The van der Waals surface area contributed by atoms with Crippen LogP contribution in [0.25, 0.3) is 17.1 Å². The molecule has 13 nitrogen and oxygen atoms in total. The maximum atomic E-state index is 12.3. The van der Waals surface area contributed by atoms with Gasteiger partial charge in [-0.3, -0.25) is 9.36 Å². The fourth-order valence-electron chi connectivity index (χ4n) is 4.75. The molecule has 5 rings (SSSR count). The van der Waals surface area contributed by atoms with Gasteiger partial charge in [0, 0.05) is 13.6 Å². The average molecular weight is 472 g/mol. The highest BCUT2D eigenvalue weighted by molar-refractivity contribution is 5.84. The standard InChI is InChI=1S/C21H29N9O4/c1-3-23-19(33)16-14(31)15(32)20(34-16)29-10-24-13-17(22-2)25-21(26-18(13)29)30-9-12(27-28-30)8-11-6-4-5-7-11/h9-11,14-16,20,31-32H,3-8H2,1-2H3,(H,23,33)(H,22,25,26)/t14-,15+,16-,20+/m0/s1. The molecule has 182 valence electrons. The number of nitrogens with one attached hydrogen (secondary N) is 2. The molecule has 2 aliphatic rings. The first-order chi connectivity index (χ1) is 16.5. The van der Waals surface area contributed by atoms with Gasteiger partial charge in [0.15, 0.2) is 29.3 Å². The summed E-state index contributed by atoms with van der Waals surface area (Å²) in [5, 5.41) is 35.2. The average Bonchev–Trinajstić information content (AvgIpc) is 3.63. The first kappa shape index (κ1) is 22.6. The molecule has 34 heavy (non-hydrogen) atoms. The van der Waals surface area contributed by atoms with Crippen molar-refractivity contribution in [1.29, 1.82) is 0 Å². The molecule has 0 aromatic carbocycles. The maximum Gasteiger partial charge on any atom is 0.256 e. The Bertz CT molecular complexity index is 1170. The van der Waals surface area contributed by atoms with Crippen LogP contribution in [-0.4, -0.2) is 82.5 Å². The fraction of sp³-hybridized carbons (Fsp3) is 0.619. The Morgan fingerprint density at radius 2 is 2.03 bits per heavy atom. The SMILES string of the molecule is CCNC(=O)[C@H]1O[C@@H](n2cnc3c(NC)nc(-n4cc(CC5CCCC5)nn4)nc32)[C@H](O)[C@@H]1O. The molecule has 4 heterocycles. The van der Waals surface area contributed by atoms with Gasteiger partial charge in [0.25, 0.3) is 11.9 Å². The molecule has 0 unspecified atom stereocenters. The summed E-state index contributed by atoms with van der Waals surface area (Å²) in [6.07, 6.45) is 4.07. The second kappa shape index (κ2) is 9.24. The fourth-order valence-corrected chi connectivity index (χ4v) is 4.75. The van der Waals surface area contributed by atoms with E-state index in [0.29, 0.717) is 29.4 Å². The van der Waals surface area contributed by atoms with E-state index >= 15 is 0 Å². The van der Waals surface area contributed by atoms with Crippen molar-refractivity contribution in [2.24, 2.45) is 5.92 Å². The molecular formula is C21H29N9O4. The van der Waals surface area contributed by atoms with Crippen LogP contribution in [0.4, 0.5) is 5.82 Å². The van der Waals surface area contributed by atoms with Crippen molar-refractivity contribution in [3.8, 4) is 5.95 Å². The van der Waals surface area contributed by atoms with Gasteiger partial charge in [-0.2, -0.15) is 14.6 Å². The summed E-state index contributed by atoms with van der Waals surface area (Å²) in [7, 11) is 1.72. The van der Waals surface area contributed by atoms with Crippen LogP contribution in [0.1, 0.15) is 44.5 Å². The predicted molar refractivity (Wildman–Crippen MR) is 120 cm³/mol. The first-order valence-corrected chi connectivity index (χ1v) is 11.6. The van der Waals surface area contributed by atoms with E-state index in [1.165, 1.54) is 41.3 Å². The van der Waals surface area contributed by atoms with Gasteiger partial charge >= 0.3 is 0 Å². The number of fused-ring (bicyclic) bond motifs is 1. The number of likely N-dealkylation sites (N-methyl/N-ethyl adjacent to an activating group) is 1. The van der Waals surface area contributed by atoms with Crippen molar-refractivity contribution in [1.82, 2.24) is 39.8 Å². The lowest BCUT2D eigenvalue weighted by Gasteiger charge is -2.16. The molecule has 3 aromatic rings. The van der Waals surface area contributed by atoms with Crippen LogP contribution in [0.3, 0.4) is 0 Å². The van der Waals surface area contributed by atoms with Crippen molar-refractivity contribution < 1.29 is 19.7 Å². The summed E-state index contributed by atoms with van der Waals surface area (Å²) in [6.45, 7) is 2.14. The predicted octanol–water partition coefficient (Wildman–Crippen LogP) is -0.0633. The highest BCUT2D eigenvalue weighted by Crippen LogP contribution is 2.33. The number of imidazole rings is 1. The summed E-state index contributed by atoms with van der Waals surface area (Å²) < 4.78 is 8.75. The smallest absolute Gasteiger partial charge is 0.256 e. The lowest BCUT2D eigenvalue weighted by atomic mass is 10.0. The molecule has 1 aliphatic heterocycles. The van der Waals surface area contributed by atoms with Crippen molar-refractivity contribution in [3.05, 3.63) is 18.2 Å². The first-order valence-electron chi connectivity index (χ1n) is 11.6. The summed E-state index contributed by atoms with van der Waals surface area (Å²) in [5.74, 6) is 0.870. The lowest BCUT2D eigenvalue weighted by molar-refractivity contribution is -0.137. The third kappa shape index (κ3) is 3.99. The number of anilines is 1. The zero-order valence-electron chi connectivity index (χ0n) is 19.1. The van der Waals surface area contributed by atoms with Crippen molar-refractivity contribution >= 4 is 22.9 Å². The Morgan fingerprint density at radius 1 is 1.24 bits per heavy atom. The molecule has 2 fully saturated rings. The van der Waals surface area contributed by atoms with Crippen LogP contribution < -0.4 is 10.6 Å². The summed E-state index contributed by atoms with van der Waals surface area (Å²) >= 11 is 0. The molecule has 3 aromatic heterocycles. The molecule has 0 radical (unpaired) electrons. The number of aromatic nitrogens is 7. The molecule has 0 spiro atoms. The van der Waals surface area contributed by atoms with Gasteiger partial charge in [0.05, 0.1) is 18.2 Å². The normalized spacial score (nSPS) is 25.3. The summed E-state index contributed by atoms with van der Waals surface area (Å²) in [5.41, 5.74) is 1.69. The number of nitrogens with zero attached hydrogens (tertiary/aromatic N) is 7. The summed E-state index contributed by atoms with van der Waals surface area (Å²) in [4.78, 5) is 25.8. The van der Waals surface area contributed by atoms with Gasteiger partial charge < -0.3 is 25.6 Å². The van der Waals surface area contributed by atoms with Gasteiger partial charge in [-0.1, -0.05) is 30.9 Å². The highest BCUT2D eigenvalue weighted by atomic mass is 16.6. The minimum atomic E-state index is -1.40. The highest BCUT2D eigenvalue weighted by Gasteiger charge is 2.47. The van der Waals surface area contributed by atoms with Crippen molar-refractivity contribution in [3.63, 3.8) is 0 Å². The number of amides is 1. The Balaban J connectivity index is 1.47. The lowest BCUT2D eigenvalue weighted by Crippen LogP contribution is -2.42. The molecule has 1 saturated carbocycles. The molecule has 1 saturated heterocycles. The van der Waals surface area contributed by atoms with Crippen LogP contribution >= 0.6 is 0 Å². The monoisotopic (exact) mass is 471 g/mol. The number of carbonyl (C=O) groups excluding carboxylic acids is 1. The minimum absolute atomic E-state index is 0.275. The molecule has 13 heteroatoms. The minimum Gasteiger partial charge on any atom is -0.387 e. The second-order valence-electron chi connectivity index (χ2n) is 8.78. The van der Waals surface area contributed by atoms with Gasteiger partial charge in [-0.15, -0.1) is 5.10 Å². The molecule has 0 bridgehead atoms. The van der Waals surface area contributed by atoms with E-state index in [4.69, 9.17) is 4.74 Å². The van der Waals surface area contributed by atoms with Gasteiger partial charge in [0.1, 0.15) is 12.2 Å². The van der Waals surface area contributed by atoms with E-state index in [2.05, 4.69) is 35.9 Å². The van der Waals surface area contributed by atoms with Gasteiger partial charge in [-0.25, -0.2) is 4.98 Å². The van der Waals surface area contributed by atoms with E-state index in [0.717, 1.165) is 12.1 Å². The van der Waals surface area contributed by atoms with E-state index in [-0.39, 0.29) is 5.95 Å². The van der Waals surface area contributed by atoms with Gasteiger partial charge in [0.2, 0.25) is 0 Å². The number of carbonyl (C=O) groups is 1. The van der Waals surface area contributed by atoms with Crippen LogP contribution in [-0.2, 0) is 16.0 Å². The van der Waals surface area contributed by atoms with Crippen LogP contribution in [0.5, 0.6) is 0 Å².